The third-order valence-corrected chi connectivity index (χ3v) is 3.29. The minimum absolute atomic E-state index is 0.133. The summed E-state index contributed by atoms with van der Waals surface area (Å²) in [5.74, 6) is -1.13. The molecule has 0 bridgehead atoms. The van der Waals surface area contributed by atoms with Crippen LogP contribution in [0.15, 0.2) is 24.4 Å². The summed E-state index contributed by atoms with van der Waals surface area (Å²) in [6, 6.07) is 4.00. The molecule has 0 unspecified atom stereocenters. The zero-order valence-corrected chi connectivity index (χ0v) is 12.9. The van der Waals surface area contributed by atoms with Gasteiger partial charge in [0, 0.05) is 23.5 Å². The minimum atomic E-state index is -0.907. The molecule has 0 amide bonds. The van der Waals surface area contributed by atoms with Crippen molar-refractivity contribution in [2.45, 2.75) is 25.8 Å². The van der Waals surface area contributed by atoms with E-state index in [9.17, 15) is 14.7 Å². The zero-order chi connectivity index (χ0) is 16.8. The fourth-order valence-corrected chi connectivity index (χ4v) is 2.15. The van der Waals surface area contributed by atoms with E-state index in [0.29, 0.717) is 13.0 Å². The van der Waals surface area contributed by atoms with Crippen LogP contribution in [0.2, 0.25) is 0 Å². The van der Waals surface area contributed by atoms with Crippen LogP contribution in [-0.2, 0) is 25.5 Å². The van der Waals surface area contributed by atoms with Crippen molar-refractivity contribution in [3.8, 4) is 5.75 Å². The lowest BCUT2D eigenvalue weighted by molar-refractivity contribution is -0.159. The Balaban J connectivity index is 1.92. The molecule has 0 aliphatic heterocycles. The van der Waals surface area contributed by atoms with Gasteiger partial charge in [0.1, 0.15) is 11.8 Å². The Bertz CT molecular complexity index is 695. The van der Waals surface area contributed by atoms with Gasteiger partial charge in [-0.1, -0.05) is 6.92 Å². The van der Waals surface area contributed by atoms with E-state index in [-0.39, 0.29) is 12.2 Å². The molecule has 0 fully saturated rings. The zero-order valence-electron chi connectivity index (χ0n) is 12.9. The van der Waals surface area contributed by atoms with Gasteiger partial charge in [-0.15, -0.1) is 0 Å². The Hall–Kier alpha value is -2.54. The highest BCUT2D eigenvalue weighted by Crippen LogP contribution is 2.23. The first-order valence-corrected chi connectivity index (χ1v) is 7.38. The van der Waals surface area contributed by atoms with Crippen molar-refractivity contribution in [3.05, 3.63) is 30.0 Å². The van der Waals surface area contributed by atoms with Crippen LogP contribution in [0.1, 0.15) is 18.9 Å². The molecular formula is C16H20N2O5. The topological polar surface area (TPSA) is 115 Å². The van der Waals surface area contributed by atoms with E-state index >= 15 is 0 Å². The van der Waals surface area contributed by atoms with Gasteiger partial charge < -0.3 is 25.3 Å². The number of nitrogens with two attached hydrogens (primary N) is 1. The van der Waals surface area contributed by atoms with E-state index < -0.39 is 24.6 Å². The van der Waals surface area contributed by atoms with E-state index in [1.807, 2.05) is 6.92 Å². The van der Waals surface area contributed by atoms with Crippen LogP contribution in [0, 0.1) is 0 Å². The number of rotatable bonds is 7. The van der Waals surface area contributed by atoms with Crippen molar-refractivity contribution in [2.24, 2.45) is 5.73 Å². The van der Waals surface area contributed by atoms with E-state index in [2.05, 4.69) is 4.98 Å². The Kier molecular flexibility index (Phi) is 5.59. The molecule has 0 saturated carbocycles. The van der Waals surface area contributed by atoms with E-state index in [4.69, 9.17) is 15.2 Å². The van der Waals surface area contributed by atoms with E-state index in [0.717, 1.165) is 16.5 Å². The molecule has 7 heteroatoms. The quantitative estimate of drug-likeness (QED) is 0.661. The van der Waals surface area contributed by atoms with Crippen LogP contribution in [0.25, 0.3) is 10.9 Å². The molecule has 0 saturated heterocycles. The number of ether oxygens (including phenoxy) is 2. The first-order valence-electron chi connectivity index (χ1n) is 7.38. The maximum absolute atomic E-state index is 11.8. The highest BCUT2D eigenvalue weighted by Gasteiger charge is 2.19. The highest BCUT2D eigenvalue weighted by molar-refractivity contribution is 5.86. The van der Waals surface area contributed by atoms with Crippen LogP contribution in [0.4, 0.5) is 0 Å². The van der Waals surface area contributed by atoms with E-state index in [1.165, 1.54) is 0 Å². The van der Waals surface area contributed by atoms with Gasteiger partial charge in [0.15, 0.2) is 6.61 Å². The molecule has 1 aromatic heterocycles. The summed E-state index contributed by atoms with van der Waals surface area (Å²) < 4.78 is 9.66. The molecule has 1 aromatic carbocycles. The second kappa shape index (κ2) is 7.64. The monoisotopic (exact) mass is 320 g/mol. The number of hydrogen-bond acceptors (Lipinski definition) is 6. The van der Waals surface area contributed by atoms with Crippen LogP contribution >= 0.6 is 0 Å². The van der Waals surface area contributed by atoms with Crippen molar-refractivity contribution >= 4 is 22.8 Å². The van der Waals surface area contributed by atoms with Gasteiger partial charge in [0.05, 0.1) is 6.61 Å². The molecule has 2 aromatic rings. The van der Waals surface area contributed by atoms with Gasteiger partial charge in [-0.2, -0.15) is 0 Å². The Morgan fingerprint density at radius 2 is 2.13 bits per heavy atom. The Labute approximate surface area is 133 Å². The van der Waals surface area contributed by atoms with Crippen molar-refractivity contribution in [2.75, 3.05) is 13.2 Å². The standard InChI is InChI=1S/C16H20N2O5/c1-2-5-22-15(20)9-23-16(21)13(17)6-10-8-18-14-4-3-11(19)7-12(10)14/h3-4,7-8,13,18-19H,2,5-6,9,17H2,1H3/t13-/m0/s1. The fourth-order valence-electron chi connectivity index (χ4n) is 2.15. The highest BCUT2D eigenvalue weighted by atomic mass is 16.6. The van der Waals surface area contributed by atoms with Crippen LogP contribution < -0.4 is 5.73 Å². The third kappa shape index (κ3) is 4.46. The smallest absolute Gasteiger partial charge is 0.344 e. The number of esters is 2. The lowest BCUT2D eigenvalue weighted by Gasteiger charge is -2.11. The molecular weight excluding hydrogens is 300 g/mol. The summed E-state index contributed by atoms with van der Waals surface area (Å²) in [5.41, 5.74) is 7.44. The van der Waals surface area contributed by atoms with Crippen molar-refractivity contribution in [1.82, 2.24) is 4.98 Å². The number of aromatic amines is 1. The first kappa shape index (κ1) is 16.8. The number of aromatic hydroxyl groups is 1. The van der Waals surface area contributed by atoms with Crippen molar-refractivity contribution in [1.29, 1.82) is 0 Å². The van der Waals surface area contributed by atoms with Crippen LogP contribution in [0.5, 0.6) is 5.75 Å². The van der Waals surface area contributed by atoms with Crippen LogP contribution in [-0.4, -0.2) is 41.3 Å². The predicted molar refractivity (Wildman–Crippen MR) is 83.9 cm³/mol. The number of fused-ring (bicyclic) bond motifs is 1. The molecule has 0 aliphatic rings. The normalized spacial score (nSPS) is 12.1. The third-order valence-electron chi connectivity index (χ3n) is 3.29. The number of H-pyrrole nitrogens is 1. The number of hydrogen-bond donors (Lipinski definition) is 3. The largest absolute Gasteiger partial charge is 0.508 e. The molecule has 4 N–H and O–H groups in total. The van der Waals surface area contributed by atoms with Crippen molar-refractivity contribution in [3.63, 3.8) is 0 Å². The molecule has 0 spiro atoms. The van der Waals surface area contributed by atoms with Gasteiger partial charge >= 0.3 is 11.9 Å². The number of aromatic nitrogens is 1. The molecule has 23 heavy (non-hydrogen) atoms. The van der Waals surface area contributed by atoms with Gasteiger partial charge in [-0.25, -0.2) is 4.79 Å². The molecule has 0 radical (unpaired) electrons. The molecule has 1 atom stereocenters. The lowest BCUT2D eigenvalue weighted by Crippen LogP contribution is -2.35. The fraction of sp³-hybridized carbons (Fsp3) is 0.375. The Morgan fingerprint density at radius 3 is 2.87 bits per heavy atom. The van der Waals surface area contributed by atoms with Gasteiger partial charge in [0.2, 0.25) is 0 Å². The van der Waals surface area contributed by atoms with Gasteiger partial charge in [0.25, 0.3) is 0 Å². The van der Waals surface area contributed by atoms with Crippen molar-refractivity contribution < 1.29 is 24.2 Å². The summed E-state index contributed by atoms with van der Waals surface area (Å²) in [7, 11) is 0. The number of nitrogens with one attached hydrogen (secondary N) is 1. The van der Waals surface area contributed by atoms with Gasteiger partial charge in [-0.05, 0) is 30.2 Å². The maximum atomic E-state index is 11.8. The number of benzene rings is 1. The van der Waals surface area contributed by atoms with Crippen LogP contribution in [0.3, 0.4) is 0 Å². The van der Waals surface area contributed by atoms with E-state index in [1.54, 1.807) is 24.4 Å². The summed E-state index contributed by atoms with van der Waals surface area (Å²) >= 11 is 0. The average Bonchev–Trinajstić information content (AvgIpc) is 2.92. The number of carbonyl (C=O) groups is 2. The summed E-state index contributed by atoms with van der Waals surface area (Å²) in [5, 5.41) is 10.3. The maximum Gasteiger partial charge on any atom is 0.344 e. The summed E-state index contributed by atoms with van der Waals surface area (Å²) in [6.07, 6.45) is 2.66. The second-order valence-electron chi connectivity index (χ2n) is 5.18. The number of phenols is 1. The molecule has 1 heterocycles. The summed E-state index contributed by atoms with van der Waals surface area (Å²) in [4.78, 5) is 26.2. The number of carbonyl (C=O) groups excluding carboxylic acids is 2. The molecule has 0 aliphatic carbocycles. The number of phenolic OH excluding ortho intramolecular Hbond substituents is 1. The second-order valence-corrected chi connectivity index (χ2v) is 5.18. The average molecular weight is 320 g/mol. The van der Waals surface area contributed by atoms with Gasteiger partial charge in [-0.3, -0.25) is 4.79 Å². The molecule has 124 valence electrons. The lowest BCUT2D eigenvalue weighted by atomic mass is 10.1. The molecule has 2 rings (SSSR count). The first-order chi connectivity index (χ1) is 11.0. The predicted octanol–water partition coefficient (Wildman–Crippen LogP) is 1.24. The Morgan fingerprint density at radius 1 is 1.35 bits per heavy atom. The molecule has 7 nitrogen and oxygen atoms in total. The SMILES string of the molecule is CCCOC(=O)COC(=O)[C@@H](N)Cc1c[nH]c2ccc(O)cc12. The minimum Gasteiger partial charge on any atom is -0.508 e. The summed E-state index contributed by atoms with van der Waals surface area (Å²) in [6.45, 7) is 1.72.